The first kappa shape index (κ1) is 24.4. The average Bonchev–Trinajstić information content (AvgIpc) is 3.21. The fraction of sp³-hybridized carbons (Fsp3) is 0.571. The summed E-state index contributed by atoms with van der Waals surface area (Å²) in [4.78, 5) is 9.25. The molecule has 1 N–H and O–H groups in total. The van der Waals surface area contributed by atoms with Crippen LogP contribution in [-0.4, -0.2) is 64.4 Å². The van der Waals surface area contributed by atoms with Crippen LogP contribution >= 0.6 is 24.0 Å². The molecular formula is C21H33FIN7. The monoisotopic (exact) mass is 529 g/mol. The molecular weight excluding hydrogens is 496 g/mol. The molecule has 0 spiro atoms. The Morgan fingerprint density at radius 3 is 2.60 bits per heavy atom. The van der Waals surface area contributed by atoms with Crippen molar-refractivity contribution >= 4 is 35.6 Å². The van der Waals surface area contributed by atoms with Gasteiger partial charge in [0.15, 0.2) is 5.96 Å². The van der Waals surface area contributed by atoms with Crippen molar-refractivity contribution in [3.05, 3.63) is 42.2 Å². The van der Waals surface area contributed by atoms with Gasteiger partial charge in [0.25, 0.3) is 0 Å². The SMILES string of the molecule is CCc1nncn1CCN=C(NC(C)CC)N1CCN(c2ccccc2F)CC1.I. The second kappa shape index (κ2) is 12.1. The van der Waals surface area contributed by atoms with Gasteiger partial charge in [-0.1, -0.05) is 26.0 Å². The number of halogens is 2. The first-order chi connectivity index (χ1) is 14.1. The molecule has 1 aromatic carbocycles. The molecule has 2 heterocycles. The second-order valence-electron chi connectivity index (χ2n) is 7.38. The number of nitrogens with one attached hydrogen (secondary N) is 1. The zero-order valence-electron chi connectivity index (χ0n) is 18.1. The lowest BCUT2D eigenvalue weighted by Crippen LogP contribution is -2.54. The van der Waals surface area contributed by atoms with Crippen LogP contribution in [0, 0.1) is 5.82 Å². The lowest BCUT2D eigenvalue weighted by atomic mass is 10.2. The van der Waals surface area contributed by atoms with Gasteiger partial charge in [0, 0.05) is 45.2 Å². The summed E-state index contributed by atoms with van der Waals surface area (Å²) in [6, 6.07) is 7.34. The number of aryl methyl sites for hydroxylation is 1. The number of hydrogen-bond acceptors (Lipinski definition) is 4. The normalized spacial score (nSPS) is 15.7. The molecule has 1 aromatic heterocycles. The van der Waals surface area contributed by atoms with Crippen LogP contribution in [0.3, 0.4) is 0 Å². The van der Waals surface area contributed by atoms with Crippen LogP contribution in [0.1, 0.15) is 33.0 Å². The number of para-hydroxylation sites is 1. The van der Waals surface area contributed by atoms with E-state index in [1.165, 1.54) is 6.07 Å². The van der Waals surface area contributed by atoms with Crippen LogP contribution in [0.25, 0.3) is 0 Å². The Hall–Kier alpha value is -1.91. The lowest BCUT2D eigenvalue weighted by Gasteiger charge is -2.38. The predicted molar refractivity (Wildman–Crippen MR) is 130 cm³/mol. The molecule has 2 aromatic rings. The van der Waals surface area contributed by atoms with Crippen molar-refractivity contribution < 1.29 is 4.39 Å². The molecule has 7 nitrogen and oxygen atoms in total. The highest BCUT2D eigenvalue weighted by Gasteiger charge is 2.22. The highest BCUT2D eigenvalue weighted by molar-refractivity contribution is 14.0. The van der Waals surface area contributed by atoms with Crippen LogP contribution in [0.4, 0.5) is 10.1 Å². The lowest BCUT2D eigenvalue weighted by molar-refractivity contribution is 0.364. The Morgan fingerprint density at radius 2 is 1.93 bits per heavy atom. The molecule has 166 valence electrons. The van der Waals surface area contributed by atoms with Gasteiger partial charge in [0.05, 0.1) is 12.2 Å². The van der Waals surface area contributed by atoms with Gasteiger partial charge in [-0.25, -0.2) is 4.39 Å². The summed E-state index contributed by atoms with van der Waals surface area (Å²) in [6.07, 6.45) is 3.66. The number of rotatable bonds is 7. The van der Waals surface area contributed by atoms with E-state index in [4.69, 9.17) is 4.99 Å². The minimum Gasteiger partial charge on any atom is -0.366 e. The standard InChI is InChI=1S/C21H32FN7.HI/c1-4-17(3)25-21(23-10-11-29-16-24-26-20(29)5-2)28-14-12-27(13-15-28)19-9-7-6-8-18(19)22;/h6-9,16-17H,4-5,10-15H2,1-3H3,(H,23,25);1H. The molecule has 1 atom stereocenters. The van der Waals surface area contributed by atoms with Crippen molar-refractivity contribution in [2.24, 2.45) is 4.99 Å². The topological polar surface area (TPSA) is 61.6 Å². The first-order valence-electron chi connectivity index (χ1n) is 10.5. The van der Waals surface area contributed by atoms with Gasteiger partial charge < -0.3 is 19.7 Å². The molecule has 1 saturated heterocycles. The Morgan fingerprint density at radius 1 is 1.20 bits per heavy atom. The number of aliphatic imine (C=N–C) groups is 1. The molecule has 0 saturated carbocycles. The van der Waals surface area contributed by atoms with Crippen LogP contribution in [0.5, 0.6) is 0 Å². The van der Waals surface area contributed by atoms with E-state index in [1.54, 1.807) is 12.4 Å². The number of nitrogens with zero attached hydrogens (tertiary/aromatic N) is 6. The minimum absolute atomic E-state index is 0. The summed E-state index contributed by atoms with van der Waals surface area (Å²) in [5.74, 6) is 1.75. The first-order valence-corrected chi connectivity index (χ1v) is 10.5. The van der Waals surface area contributed by atoms with Gasteiger partial charge in [-0.05, 0) is 25.5 Å². The van der Waals surface area contributed by atoms with Gasteiger partial charge in [-0.3, -0.25) is 4.99 Å². The smallest absolute Gasteiger partial charge is 0.194 e. The van der Waals surface area contributed by atoms with E-state index in [0.717, 1.165) is 57.3 Å². The summed E-state index contributed by atoms with van der Waals surface area (Å²) < 4.78 is 16.2. The molecule has 30 heavy (non-hydrogen) atoms. The molecule has 0 bridgehead atoms. The average molecular weight is 529 g/mol. The maximum atomic E-state index is 14.1. The molecule has 0 radical (unpaired) electrons. The fourth-order valence-electron chi connectivity index (χ4n) is 3.43. The zero-order valence-corrected chi connectivity index (χ0v) is 20.4. The van der Waals surface area contributed by atoms with Crippen LogP contribution in [0.15, 0.2) is 35.6 Å². The van der Waals surface area contributed by atoms with Crippen LogP contribution in [-0.2, 0) is 13.0 Å². The molecule has 9 heteroatoms. The minimum atomic E-state index is -0.159. The number of guanidine groups is 1. The molecule has 1 fully saturated rings. The number of benzene rings is 1. The Balaban J connectivity index is 0.00000320. The second-order valence-corrected chi connectivity index (χ2v) is 7.38. The van der Waals surface area contributed by atoms with Crippen molar-refractivity contribution in [3.8, 4) is 0 Å². The summed E-state index contributed by atoms with van der Waals surface area (Å²) in [5.41, 5.74) is 0.681. The van der Waals surface area contributed by atoms with Gasteiger partial charge >= 0.3 is 0 Å². The van der Waals surface area contributed by atoms with Gasteiger partial charge in [-0.2, -0.15) is 0 Å². The highest BCUT2D eigenvalue weighted by atomic mass is 127. The Kier molecular flexibility index (Phi) is 9.80. The third kappa shape index (κ3) is 6.29. The molecule has 0 amide bonds. The molecule has 3 rings (SSSR count). The predicted octanol–water partition coefficient (Wildman–Crippen LogP) is 3.16. The number of aromatic nitrogens is 3. The van der Waals surface area contributed by atoms with Crippen molar-refractivity contribution in [1.82, 2.24) is 25.0 Å². The summed E-state index contributed by atoms with van der Waals surface area (Å²) in [5, 5.41) is 11.7. The Labute approximate surface area is 195 Å². The summed E-state index contributed by atoms with van der Waals surface area (Å²) in [6.45, 7) is 11.0. The third-order valence-corrected chi connectivity index (χ3v) is 5.37. The molecule has 1 unspecified atom stereocenters. The van der Waals surface area contributed by atoms with E-state index in [9.17, 15) is 4.39 Å². The van der Waals surface area contributed by atoms with Crippen molar-refractivity contribution in [2.45, 2.75) is 46.2 Å². The van der Waals surface area contributed by atoms with Gasteiger partial charge in [0.1, 0.15) is 18.0 Å². The van der Waals surface area contributed by atoms with Crippen molar-refractivity contribution in [1.29, 1.82) is 0 Å². The molecule has 1 aliphatic heterocycles. The molecule has 0 aliphatic carbocycles. The maximum absolute atomic E-state index is 14.1. The Bertz CT molecular complexity index is 802. The van der Waals surface area contributed by atoms with E-state index in [0.29, 0.717) is 18.3 Å². The maximum Gasteiger partial charge on any atom is 0.194 e. The zero-order chi connectivity index (χ0) is 20.6. The summed E-state index contributed by atoms with van der Waals surface area (Å²) >= 11 is 0. The largest absolute Gasteiger partial charge is 0.366 e. The molecule has 1 aliphatic rings. The van der Waals surface area contributed by atoms with E-state index < -0.39 is 0 Å². The van der Waals surface area contributed by atoms with Crippen LogP contribution in [0.2, 0.25) is 0 Å². The van der Waals surface area contributed by atoms with E-state index >= 15 is 0 Å². The van der Waals surface area contributed by atoms with Crippen LogP contribution < -0.4 is 10.2 Å². The van der Waals surface area contributed by atoms with E-state index in [2.05, 4.69) is 50.7 Å². The summed E-state index contributed by atoms with van der Waals surface area (Å²) in [7, 11) is 0. The highest BCUT2D eigenvalue weighted by Crippen LogP contribution is 2.20. The number of hydrogen-bond donors (Lipinski definition) is 1. The quantitative estimate of drug-likeness (QED) is 0.339. The van der Waals surface area contributed by atoms with E-state index in [-0.39, 0.29) is 29.8 Å². The van der Waals surface area contributed by atoms with Gasteiger partial charge in [-0.15, -0.1) is 34.2 Å². The number of piperazine rings is 1. The third-order valence-electron chi connectivity index (χ3n) is 5.37. The van der Waals surface area contributed by atoms with Crippen molar-refractivity contribution in [3.63, 3.8) is 0 Å². The fourth-order valence-corrected chi connectivity index (χ4v) is 3.43. The number of anilines is 1. The van der Waals surface area contributed by atoms with E-state index in [1.807, 2.05) is 12.1 Å². The van der Waals surface area contributed by atoms with Gasteiger partial charge in [0.2, 0.25) is 0 Å². The van der Waals surface area contributed by atoms with Crippen molar-refractivity contribution in [2.75, 3.05) is 37.6 Å².